The molecule has 0 fully saturated rings. The van der Waals surface area contributed by atoms with Crippen molar-refractivity contribution in [3.63, 3.8) is 0 Å². The zero-order valence-corrected chi connectivity index (χ0v) is 12.1. The third-order valence-electron chi connectivity index (χ3n) is 3.12. The van der Waals surface area contributed by atoms with E-state index in [9.17, 15) is 10.1 Å². The number of carbonyl (C=O) groups excluding carboxylic acids is 1. The minimum atomic E-state index is -0.255. The molecule has 2 aromatic rings. The van der Waals surface area contributed by atoms with Gasteiger partial charge in [0.25, 0.3) is 0 Å². The molecule has 0 saturated carbocycles. The van der Waals surface area contributed by atoms with Gasteiger partial charge in [0.2, 0.25) is 5.78 Å². The lowest BCUT2D eigenvalue weighted by molar-refractivity contribution is 0.104. The van der Waals surface area contributed by atoms with Crippen LogP contribution in [0.2, 0.25) is 0 Å². The zero-order valence-electron chi connectivity index (χ0n) is 12.1. The first-order valence-electron chi connectivity index (χ1n) is 6.61. The molecule has 21 heavy (non-hydrogen) atoms. The number of ketones is 1. The Labute approximate surface area is 124 Å². The fraction of sp³-hybridized carbons (Fsp3) is 0.111. The van der Waals surface area contributed by atoms with Gasteiger partial charge in [0, 0.05) is 25.3 Å². The van der Waals surface area contributed by atoms with E-state index in [-0.39, 0.29) is 11.4 Å². The summed E-state index contributed by atoms with van der Waals surface area (Å²) in [6, 6.07) is 18.5. The molecule has 0 saturated heterocycles. The van der Waals surface area contributed by atoms with E-state index in [0.717, 1.165) is 11.3 Å². The van der Waals surface area contributed by atoms with Crippen molar-refractivity contribution < 1.29 is 4.79 Å². The Hall–Kier alpha value is -2.86. The topological polar surface area (TPSA) is 44.1 Å². The number of rotatable bonds is 4. The van der Waals surface area contributed by atoms with E-state index >= 15 is 0 Å². The van der Waals surface area contributed by atoms with Crippen molar-refractivity contribution in [1.82, 2.24) is 0 Å². The van der Waals surface area contributed by atoms with E-state index in [2.05, 4.69) is 0 Å². The number of nitriles is 1. The second kappa shape index (κ2) is 6.53. The lowest BCUT2D eigenvalue weighted by Crippen LogP contribution is -2.08. The van der Waals surface area contributed by atoms with E-state index in [0.29, 0.717) is 5.56 Å². The fourth-order valence-electron chi connectivity index (χ4n) is 1.93. The van der Waals surface area contributed by atoms with Crippen LogP contribution in [0.25, 0.3) is 6.08 Å². The quantitative estimate of drug-likeness (QED) is 0.487. The highest BCUT2D eigenvalue weighted by atomic mass is 16.1. The third-order valence-corrected chi connectivity index (χ3v) is 3.12. The maximum Gasteiger partial charge on any atom is 0.203 e. The van der Waals surface area contributed by atoms with Crippen LogP contribution in [0.15, 0.2) is 60.2 Å². The Balaban J connectivity index is 2.29. The van der Waals surface area contributed by atoms with Crippen LogP contribution in [-0.4, -0.2) is 19.9 Å². The summed E-state index contributed by atoms with van der Waals surface area (Å²) in [6.45, 7) is 0. The molecule has 3 nitrogen and oxygen atoms in total. The number of hydrogen-bond donors (Lipinski definition) is 0. The van der Waals surface area contributed by atoms with Gasteiger partial charge in [-0.15, -0.1) is 0 Å². The molecule has 0 aliphatic carbocycles. The zero-order chi connectivity index (χ0) is 15.2. The van der Waals surface area contributed by atoms with Gasteiger partial charge in [0.15, 0.2) is 0 Å². The summed E-state index contributed by atoms with van der Waals surface area (Å²) in [4.78, 5) is 14.3. The predicted molar refractivity (Wildman–Crippen MR) is 85.1 cm³/mol. The van der Waals surface area contributed by atoms with Gasteiger partial charge in [-0.05, 0) is 23.8 Å². The van der Waals surface area contributed by atoms with Gasteiger partial charge in [0.05, 0.1) is 0 Å². The number of carbonyl (C=O) groups is 1. The molecule has 0 atom stereocenters. The van der Waals surface area contributed by atoms with Gasteiger partial charge < -0.3 is 4.90 Å². The van der Waals surface area contributed by atoms with E-state index < -0.39 is 0 Å². The number of hydrogen-bond acceptors (Lipinski definition) is 3. The van der Waals surface area contributed by atoms with Crippen LogP contribution in [0, 0.1) is 11.3 Å². The maximum absolute atomic E-state index is 12.3. The summed E-state index contributed by atoms with van der Waals surface area (Å²) < 4.78 is 0. The SMILES string of the molecule is CN(C)c1ccc(/C=C(\C#N)C(=O)c2ccccc2)cc1. The van der Waals surface area contributed by atoms with Gasteiger partial charge in [-0.1, -0.05) is 42.5 Å². The van der Waals surface area contributed by atoms with Crippen molar-refractivity contribution in [2.24, 2.45) is 0 Å². The number of Topliss-reactive ketones (excluding diaryl/α,β-unsaturated/α-hetero) is 1. The molecular weight excluding hydrogens is 260 g/mol. The minimum Gasteiger partial charge on any atom is -0.378 e. The molecule has 0 unspecified atom stereocenters. The highest BCUT2D eigenvalue weighted by Crippen LogP contribution is 2.16. The van der Waals surface area contributed by atoms with Crippen LogP contribution in [0.5, 0.6) is 0 Å². The van der Waals surface area contributed by atoms with Gasteiger partial charge in [-0.2, -0.15) is 5.26 Å². The van der Waals surface area contributed by atoms with Crippen LogP contribution in [0.4, 0.5) is 5.69 Å². The first-order chi connectivity index (χ1) is 10.1. The van der Waals surface area contributed by atoms with E-state index in [1.54, 1.807) is 30.3 Å². The van der Waals surface area contributed by atoms with Crippen molar-refractivity contribution in [3.05, 3.63) is 71.3 Å². The first kappa shape index (κ1) is 14.5. The molecule has 0 aromatic heterocycles. The van der Waals surface area contributed by atoms with Crippen molar-refractivity contribution >= 4 is 17.5 Å². The molecule has 0 aliphatic rings. The second-order valence-electron chi connectivity index (χ2n) is 4.85. The van der Waals surface area contributed by atoms with Crippen molar-refractivity contribution in [3.8, 4) is 6.07 Å². The summed E-state index contributed by atoms with van der Waals surface area (Å²) in [5.41, 5.74) is 2.57. The Morgan fingerprint density at radius 2 is 1.67 bits per heavy atom. The summed E-state index contributed by atoms with van der Waals surface area (Å²) in [5, 5.41) is 9.21. The fourth-order valence-corrected chi connectivity index (χ4v) is 1.93. The van der Waals surface area contributed by atoms with Crippen LogP contribution >= 0.6 is 0 Å². The number of benzene rings is 2. The summed E-state index contributed by atoms with van der Waals surface area (Å²) in [6.07, 6.45) is 1.62. The first-order valence-corrected chi connectivity index (χ1v) is 6.61. The largest absolute Gasteiger partial charge is 0.378 e. The van der Waals surface area contributed by atoms with Crippen LogP contribution in [-0.2, 0) is 0 Å². The molecule has 2 rings (SSSR count). The molecule has 0 amide bonds. The number of nitrogens with zero attached hydrogens (tertiary/aromatic N) is 2. The third kappa shape index (κ3) is 3.58. The molecular formula is C18H16N2O. The maximum atomic E-state index is 12.3. The average Bonchev–Trinajstić information content (AvgIpc) is 2.53. The minimum absolute atomic E-state index is 0.138. The van der Waals surface area contributed by atoms with Crippen LogP contribution in [0.3, 0.4) is 0 Å². The van der Waals surface area contributed by atoms with Crippen LogP contribution in [0.1, 0.15) is 15.9 Å². The molecule has 104 valence electrons. The lowest BCUT2D eigenvalue weighted by Gasteiger charge is -2.11. The summed E-state index contributed by atoms with van der Waals surface area (Å²) in [7, 11) is 3.93. The molecule has 3 heteroatoms. The summed E-state index contributed by atoms with van der Waals surface area (Å²) in [5.74, 6) is -0.255. The number of anilines is 1. The molecule has 2 aromatic carbocycles. The smallest absolute Gasteiger partial charge is 0.203 e. The Kier molecular flexibility index (Phi) is 4.53. The van der Waals surface area contributed by atoms with Crippen molar-refractivity contribution in [2.45, 2.75) is 0 Å². The monoisotopic (exact) mass is 276 g/mol. The predicted octanol–water partition coefficient (Wildman–Crippen LogP) is 3.54. The lowest BCUT2D eigenvalue weighted by atomic mass is 10.0. The highest BCUT2D eigenvalue weighted by Gasteiger charge is 2.11. The van der Waals surface area contributed by atoms with E-state index in [4.69, 9.17) is 0 Å². The number of allylic oxidation sites excluding steroid dienone is 1. The molecule has 0 heterocycles. The summed E-state index contributed by atoms with van der Waals surface area (Å²) >= 11 is 0. The molecule has 0 spiro atoms. The normalized spacial score (nSPS) is 10.8. The van der Waals surface area contributed by atoms with E-state index in [1.807, 2.05) is 55.4 Å². The van der Waals surface area contributed by atoms with Crippen molar-refractivity contribution in [2.75, 3.05) is 19.0 Å². The Morgan fingerprint density at radius 1 is 1.05 bits per heavy atom. The Morgan fingerprint density at radius 3 is 2.19 bits per heavy atom. The van der Waals surface area contributed by atoms with E-state index in [1.165, 1.54) is 0 Å². The van der Waals surface area contributed by atoms with Gasteiger partial charge in [-0.3, -0.25) is 4.79 Å². The van der Waals surface area contributed by atoms with Gasteiger partial charge in [-0.25, -0.2) is 0 Å². The highest BCUT2D eigenvalue weighted by molar-refractivity contribution is 6.14. The molecule has 0 aliphatic heterocycles. The average molecular weight is 276 g/mol. The van der Waals surface area contributed by atoms with Gasteiger partial charge >= 0.3 is 0 Å². The molecule has 0 radical (unpaired) electrons. The standard InChI is InChI=1S/C18H16N2O/c1-20(2)17-10-8-14(9-11-17)12-16(13-19)18(21)15-6-4-3-5-7-15/h3-12H,1-2H3/b16-12+. The molecule has 0 N–H and O–H groups in total. The Bertz CT molecular complexity index is 692. The van der Waals surface area contributed by atoms with Gasteiger partial charge in [0.1, 0.15) is 11.6 Å². The second-order valence-corrected chi connectivity index (χ2v) is 4.85. The molecule has 0 bridgehead atoms. The van der Waals surface area contributed by atoms with Crippen LogP contribution < -0.4 is 4.90 Å². The van der Waals surface area contributed by atoms with Crippen molar-refractivity contribution in [1.29, 1.82) is 5.26 Å².